The number of rotatable bonds is 11. The van der Waals surface area contributed by atoms with E-state index in [1.54, 1.807) is 36.4 Å². The van der Waals surface area contributed by atoms with Crippen molar-refractivity contribution in [2.75, 3.05) is 12.3 Å². The number of fused-ring (bicyclic) bond motifs is 1. The molecule has 0 spiro atoms. The van der Waals surface area contributed by atoms with Crippen LogP contribution in [0, 0.1) is 11.3 Å². The average Bonchev–Trinajstić information content (AvgIpc) is 3.34. The van der Waals surface area contributed by atoms with E-state index >= 15 is 0 Å². The van der Waals surface area contributed by atoms with Gasteiger partial charge in [-0.3, -0.25) is 0 Å². The first-order valence-electron chi connectivity index (χ1n) is 12.4. The van der Waals surface area contributed by atoms with Crippen molar-refractivity contribution in [3.8, 4) is 11.8 Å². The van der Waals surface area contributed by atoms with Crippen molar-refractivity contribution in [1.82, 2.24) is 15.2 Å². The van der Waals surface area contributed by atoms with Gasteiger partial charge in [0, 0.05) is 30.5 Å². The van der Waals surface area contributed by atoms with Crippen molar-refractivity contribution in [1.29, 1.82) is 5.26 Å². The molecule has 0 unspecified atom stereocenters. The van der Waals surface area contributed by atoms with Gasteiger partial charge < -0.3 is 19.9 Å². The molecule has 0 radical (unpaired) electrons. The Kier molecular flexibility index (Phi) is 9.43. The van der Waals surface area contributed by atoms with E-state index in [4.69, 9.17) is 4.42 Å². The van der Waals surface area contributed by atoms with Crippen LogP contribution in [0.1, 0.15) is 29.0 Å². The van der Waals surface area contributed by atoms with E-state index in [2.05, 4.69) is 16.4 Å². The van der Waals surface area contributed by atoms with Gasteiger partial charge in [0.25, 0.3) is 0 Å². The molecule has 9 nitrogen and oxygen atoms in total. The first kappa shape index (κ1) is 27.5. The Balaban J connectivity index is 1.41. The fourth-order valence-electron chi connectivity index (χ4n) is 4.13. The zero-order valence-corrected chi connectivity index (χ0v) is 21.9. The number of phenolic OH excluding ortho intramolecular Hbond substituents is 1. The Bertz CT molecular complexity index is 1450. The number of urea groups is 1. The highest BCUT2D eigenvalue weighted by Gasteiger charge is 2.25. The second kappa shape index (κ2) is 13.3. The third-order valence-electron chi connectivity index (χ3n) is 6.17. The van der Waals surface area contributed by atoms with E-state index < -0.39 is 18.2 Å². The van der Waals surface area contributed by atoms with Crippen LogP contribution in [0.4, 0.5) is 9.59 Å². The summed E-state index contributed by atoms with van der Waals surface area (Å²) < 4.78 is 5.84. The molecule has 3 N–H and O–H groups in total. The third kappa shape index (κ3) is 7.52. The van der Waals surface area contributed by atoms with E-state index in [1.807, 2.05) is 36.4 Å². The van der Waals surface area contributed by atoms with Gasteiger partial charge in [0.2, 0.25) is 0 Å². The molecule has 1 heterocycles. The van der Waals surface area contributed by atoms with Gasteiger partial charge in [-0.15, -0.1) is 0 Å². The minimum absolute atomic E-state index is 0.0182. The van der Waals surface area contributed by atoms with Gasteiger partial charge in [-0.1, -0.05) is 48.5 Å². The molecule has 0 saturated carbocycles. The number of phenols is 1. The molecular formula is C29H28N4O5S. The van der Waals surface area contributed by atoms with Crippen LogP contribution in [0.3, 0.4) is 0 Å². The number of carbonyl (C=O) groups is 2. The van der Waals surface area contributed by atoms with E-state index in [0.717, 1.165) is 16.0 Å². The Hall–Kier alpha value is -4.49. The number of amides is 3. The second-order valence-corrected chi connectivity index (χ2v) is 9.95. The van der Waals surface area contributed by atoms with E-state index in [-0.39, 0.29) is 18.7 Å². The predicted molar refractivity (Wildman–Crippen MR) is 149 cm³/mol. The summed E-state index contributed by atoms with van der Waals surface area (Å²) in [4.78, 5) is 30.3. The number of aryl methyl sites for hydroxylation is 1. The van der Waals surface area contributed by atoms with Crippen LogP contribution in [-0.4, -0.2) is 50.6 Å². The standard InChI is InChI=1S/C29H28N4O5S/c30-18-21-8-1-2-9-22(21)19-39-16-15-33(29(36)37)28(35)31-23(14-13-20-7-3-5-11-25(20)34)17-27-32-24-10-4-6-12-26(24)38-27/h1-12,23,34H,13-17,19H2,(H,31,35)(H,36,37)/t23-/m1/s1. The lowest BCUT2D eigenvalue weighted by Crippen LogP contribution is -2.48. The molecule has 39 heavy (non-hydrogen) atoms. The Morgan fingerprint density at radius 1 is 1.05 bits per heavy atom. The number of para-hydroxylation sites is 3. The molecule has 4 aromatic rings. The van der Waals surface area contributed by atoms with Gasteiger partial charge in [0.1, 0.15) is 11.3 Å². The van der Waals surface area contributed by atoms with Crippen molar-refractivity contribution in [3.63, 3.8) is 0 Å². The maximum Gasteiger partial charge on any atom is 0.415 e. The predicted octanol–water partition coefficient (Wildman–Crippen LogP) is 5.57. The highest BCUT2D eigenvalue weighted by atomic mass is 32.2. The first-order valence-corrected chi connectivity index (χ1v) is 13.6. The summed E-state index contributed by atoms with van der Waals surface area (Å²) in [5, 5.41) is 32.0. The first-order chi connectivity index (χ1) is 18.9. The lowest BCUT2D eigenvalue weighted by molar-refractivity contribution is 0.148. The Morgan fingerprint density at radius 2 is 1.77 bits per heavy atom. The molecule has 3 amide bonds. The zero-order chi connectivity index (χ0) is 27.6. The number of oxazole rings is 1. The summed E-state index contributed by atoms with van der Waals surface area (Å²) in [5.74, 6) is 1.48. The van der Waals surface area contributed by atoms with Crippen LogP contribution < -0.4 is 5.32 Å². The number of nitrogens with one attached hydrogen (secondary N) is 1. The van der Waals surface area contributed by atoms with Crippen LogP contribution in [0.25, 0.3) is 11.1 Å². The zero-order valence-electron chi connectivity index (χ0n) is 21.1. The molecule has 1 aromatic heterocycles. The van der Waals surface area contributed by atoms with E-state index in [9.17, 15) is 25.1 Å². The number of hydrogen-bond donors (Lipinski definition) is 3. The van der Waals surface area contributed by atoms with Gasteiger partial charge in [-0.05, 0) is 48.2 Å². The number of thioether (sulfide) groups is 1. The summed E-state index contributed by atoms with van der Waals surface area (Å²) in [5.41, 5.74) is 3.47. The monoisotopic (exact) mass is 544 g/mol. The van der Waals surface area contributed by atoms with Gasteiger partial charge >= 0.3 is 12.1 Å². The number of aromatic nitrogens is 1. The molecule has 10 heteroatoms. The minimum Gasteiger partial charge on any atom is -0.508 e. The topological polar surface area (TPSA) is 140 Å². The Labute approximate surface area is 230 Å². The third-order valence-corrected chi connectivity index (χ3v) is 7.16. The lowest BCUT2D eigenvalue weighted by Gasteiger charge is -2.23. The number of carbonyl (C=O) groups excluding carboxylic acids is 1. The van der Waals surface area contributed by atoms with Crippen LogP contribution >= 0.6 is 11.8 Å². The van der Waals surface area contributed by atoms with Gasteiger partial charge in [-0.25, -0.2) is 19.5 Å². The molecule has 0 aliphatic heterocycles. The second-order valence-electron chi connectivity index (χ2n) is 8.85. The van der Waals surface area contributed by atoms with Crippen molar-refractivity contribution in [2.24, 2.45) is 0 Å². The molecule has 1 atom stereocenters. The summed E-state index contributed by atoms with van der Waals surface area (Å²) in [6.45, 7) is -0.0182. The van der Waals surface area contributed by atoms with Gasteiger partial charge in [0.05, 0.1) is 11.6 Å². The SMILES string of the molecule is N#Cc1ccccc1CSCCN(C(=O)O)C(=O)N[C@H](CCc1ccccc1O)Cc1nc2ccccc2o1. The number of aromatic hydroxyl groups is 1. The van der Waals surface area contributed by atoms with Crippen LogP contribution in [0.15, 0.2) is 77.2 Å². The van der Waals surface area contributed by atoms with Crippen LogP contribution in [-0.2, 0) is 18.6 Å². The number of hydrogen-bond acceptors (Lipinski definition) is 7. The van der Waals surface area contributed by atoms with E-state index in [0.29, 0.717) is 46.9 Å². The molecule has 0 fully saturated rings. The summed E-state index contributed by atoms with van der Waals surface area (Å²) >= 11 is 1.44. The molecule has 0 bridgehead atoms. The molecule has 0 aliphatic rings. The van der Waals surface area contributed by atoms with E-state index in [1.165, 1.54) is 11.8 Å². The van der Waals surface area contributed by atoms with Gasteiger partial charge in [0.15, 0.2) is 11.5 Å². The van der Waals surface area contributed by atoms with Gasteiger partial charge in [-0.2, -0.15) is 17.0 Å². The highest BCUT2D eigenvalue weighted by molar-refractivity contribution is 7.98. The maximum atomic E-state index is 13.1. The fraction of sp³-hybridized carbons (Fsp3) is 0.241. The Morgan fingerprint density at radius 3 is 2.51 bits per heavy atom. The van der Waals surface area contributed by atoms with Crippen LogP contribution in [0.2, 0.25) is 0 Å². The number of benzene rings is 3. The molecule has 200 valence electrons. The number of imide groups is 1. The average molecular weight is 545 g/mol. The summed E-state index contributed by atoms with van der Waals surface area (Å²) in [6.07, 6.45) is -0.220. The quantitative estimate of drug-likeness (QED) is 0.208. The largest absolute Gasteiger partial charge is 0.508 e. The molecular weight excluding hydrogens is 516 g/mol. The van der Waals surface area contributed by atoms with Crippen molar-refractivity contribution in [2.45, 2.75) is 31.1 Å². The maximum absolute atomic E-state index is 13.1. The van der Waals surface area contributed by atoms with Crippen molar-refractivity contribution in [3.05, 3.63) is 95.4 Å². The molecule has 0 aliphatic carbocycles. The normalized spacial score (nSPS) is 11.6. The lowest BCUT2D eigenvalue weighted by atomic mass is 10.0. The highest BCUT2D eigenvalue weighted by Crippen LogP contribution is 2.21. The van der Waals surface area contributed by atoms with Crippen LogP contribution in [0.5, 0.6) is 5.75 Å². The number of nitrogens with zero attached hydrogens (tertiary/aromatic N) is 3. The number of nitriles is 1. The fourth-order valence-corrected chi connectivity index (χ4v) is 5.05. The molecule has 3 aromatic carbocycles. The molecule has 4 rings (SSSR count). The van der Waals surface area contributed by atoms with Crippen molar-refractivity contribution < 1.29 is 24.2 Å². The smallest absolute Gasteiger partial charge is 0.415 e. The minimum atomic E-state index is -1.35. The van der Waals surface area contributed by atoms with Crippen molar-refractivity contribution >= 4 is 35.0 Å². The summed E-state index contributed by atoms with van der Waals surface area (Å²) in [6, 6.07) is 22.4. The summed E-state index contributed by atoms with van der Waals surface area (Å²) in [7, 11) is 0. The molecule has 0 saturated heterocycles. The number of carboxylic acid groups (broad SMARTS) is 1.